The van der Waals surface area contributed by atoms with Gasteiger partial charge in [-0.1, -0.05) is 42.5 Å². The lowest BCUT2D eigenvalue weighted by Crippen LogP contribution is -2.29. The Morgan fingerprint density at radius 1 is 0.867 bits per heavy atom. The summed E-state index contributed by atoms with van der Waals surface area (Å²) in [6.07, 6.45) is 8.50. The Morgan fingerprint density at radius 2 is 1.71 bits per heavy atom. The van der Waals surface area contributed by atoms with Crippen LogP contribution in [-0.4, -0.2) is 38.3 Å². The number of carbonyl (C=O) groups excluding carboxylic acids is 1. The fraction of sp³-hybridized carbons (Fsp3) is 0.222. The van der Waals surface area contributed by atoms with Crippen LogP contribution in [0.1, 0.15) is 37.2 Å². The molecule has 0 unspecified atom stereocenters. The summed E-state index contributed by atoms with van der Waals surface area (Å²) in [5.74, 6) is 0.863. The van der Waals surface area contributed by atoms with Gasteiger partial charge in [-0.2, -0.15) is 0 Å². The van der Waals surface area contributed by atoms with Crippen molar-refractivity contribution >= 4 is 45.2 Å². The maximum atomic E-state index is 13.1. The molecule has 3 aromatic carbocycles. The predicted octanol–water partition coefficient (Wildman–Crippen LogP) is 8.00. The van der Waals surface area contributed by atoms with Gasteiger partial charge in [-0.25, -0.2) is 15.0 Å². The van der Waals surface area contributed by atoms with Gasteiger partial charge in [-0.05, 0) is 79.6 Å². The fourth-order valence-electron chi connectivity index (χ4n) is 6.35. The van der Waals surface area contributed by atoms with Gasteiger partial charge in [0.1, 0.15) is 5.69 Å². The molecule has 1 saturated carbocycles. The van der Waals surface area contributed by atoms with Gasteiger partial charge in [-0.3, -0.25) is 9.20 Å². The van der Waals surface area contributed by atoms with Gasteiger partial charge in [0.2, 0.25) is 11.9 Å². The lowest BCUT2D eigenvalue weighted by Gasteiger charge is -2.28. The van der Waals surface area contributed by atoms with E-state index in [0.29, 0.717) is 5.95 Å². The third-order valence-electron chi connectivity index (χ3n) is 8.76. The van der Waals surface area contributed by atoms with Crippen molar-refractivity contribution in [3.8, 4) is 22.6 Å². The van der Waals surface area contributed by atoms with Crippen LogP contribution in [0.4, 0.5) is 23.0 Å². The number of fused-ring (bicyclic) bond motifs is 1. The van der Waals surface area contributed by atoms with Crippen LogP contribution in [-0.2, 0) is 4.79 Å². The Kier molecular flexibility index (Phi) is 7.23. The second-order valence-electron chi connectivity index (χ2n) is 11.8. The van der Waals surface area contributed by atoms with Crippen LogP contribution < -0.4 is 15.5 Å². The smallest absolute Gasteiger partial charge is 0.228 e. The standard InChI is InChI=1S/C36H33N7OS/c44-34(30-23-29(30)24-8-3-1-4-9-24)38-27-11-7-10-25(22-27)32-33(43-20-21-45-36(43)41-32)31-16-17-37-35(40-31)39-26-12-14-28(15-13-26)42-18-5-2-6-19-42/h1,3-4,7-17,20-22,29-30H,2,5-6,18-19,23H2,(H,38,44)(H,37,39,40)/t29-,30+/m0/s1. The number of benzene rings is 3. The number of rotatable bonds is 8. The quantitative estimate of drug-likeness (QED) is 0.181. The average molecular weight is 612 g/mol. The Hall–Kier alpha value is -5.02. The van der Waals surface area contributed by atoms with E-state index in [0.717, 1.165) is 58.5 Å². The highest BCUT2D eigenvalue weighted by molar-refractivity contribution is 7.15. The van der Waals surface area contributed by atoms with E-state index < -0.39 is 0 Å². The number of nitrogens with one attached hydrogen (secondary N) is 2. The molecule has 1 aliphatic carbocycles. The summed E-state index contributed by atoms with van der Waals surface area (Å²) >= 11 is 1.58. The Bertz CT molecular complexity index is 1960. The molecule has 1 aliphatic heterocycles. The summed E-state index contributed by atoms with van der Waals surface area (Å²) in [5, 5.41) is 8.56. The highest BCUT2D eigenvalue weighted by atomic mass is 32.1. The van der Waals surface area contributed by atoms with Crippen molar-refractivity contribution in [2.24, 2.45) is 5.92 Å². The summed E-state index contributed by atoms with van der Waals surface area (Å²) < 4.78 is 2.07. The zero-order valence-corrected chi connectivity index (χ0v) is 25.6. The first-order valence-electron chi connectivity index (χ1n) is 15.6. The van der Waals surface area contributed by atoms with Crippen molar-refractivity contribution in [3.63, 3.8) is 0 Å². The number of thiazole rings is 1. The molecule has 0 radical (unpaired) electrons. The van der Waals surface area contributed by atoms with E-state index in [9.17, 15) is 4.79 Å². The van der Waals surface area contributed by atoms with Gasteiger partial charge in [0.15, 0.2) is 4.96 Å². The Labute approximate surface area is 265 Å². The first kappa shape index (κ1) is 27.5. The number of hydrogen-bond donors (Lipinski definition) is 2. The zero-order chi connectivity index (χ0) is 30.2. The molecule has 1 saturated heterocycles. The molecule has 4 heterocycles. The summed E-state index contributed by atoms with van der Waals surface area (Å²) in [4.78, 5) is 30.9. The van der Waals surface area contributed by atoms with E-state index >= 15 is 0 Å². The van der Waals surface area contributed by atoms with Crippen LogP contribution in [0.3, 0.4) is 0 Å². The fourth-order valence-corrected chi connectivity index (χ4v) is 7.07. The number of amides is 1. The van der Waals surface area contributed by atoms with E-state index in [-0.39, 0.29) is 17.7 Å². The van der Waals surface area contributed by atoms with E-state index in [1.54, 1.807) is 17.5 Å². The number of hydrogen-bond acceptors (Lipinski definition) is 7. The molecule has 9 heteroatoms. The summed E-state index contributed by atoms with van der Waals surface area (Å²) in [5.41, 5.74) is 7.54. The van der Waals surface area contributed by atoms with E-state index in [4.69, 9.17) is 9.97 Å². The summed E-state index contributed by atoms with van der Waals surface area (Å²) in [7, 11) is 0. The van der Waals surface area contributed by atoms with Crippen LogP contribution in [0.25, 0.3) is 27.6 Å². The van der Waals surface area contributed by atoms with Crippen molar-refractivity contribution in [1.29, 1.82) is 0 Å². The molecule has 3 aromatic heterocycles. The van der Waals surface area contributed by atoms with Gasteiger partial charge >= 0.3 is 0 Å². The molecule has 224 valence electrons. The third-order valence-corrected chi connectivity index (χ3v) is 9.52. The Balaban J connectivity index is 1.04. The van der Waals surface area contributed by atoms with Gasteiger partial charge in [0.05, 0.1) is 11.4 Å². The molecule has 0 spiro atoms. The SMILES string of the molecule is O=C(Nc1cccc(-c2nc3sccn3c2-c2ccnc(Nc3ccc(N4CCCCC4)cc3)n2)c1)[C@@H]1C[C@H]1c1ccccc1. The highest BCUT2D eigenvalue weighted by Gasteiger charge is 2.43. The molecule has 8 rings (SSSR count). The number of nitrogens with zero attached hydrogens (tertiary/aromatic N) is 5. The maximum absolute atomic E-state index is 13.1. The normalized spacial score (nSPS) is 17.7. The van der Waals surface area contributed by atoms with Crippen molar-refractivity contribution in [2.45, 2.75) is 31.6 Å². The number of carbonyl (C=O) groups is 1. The van der Waals surface area contributed by atoms with Crippen molar-refractivity contribution in [1.82, 2.24) is 19.4 Å². The molecule has 8 nitrogen and oxygen atoms in total. The summed E-state index contributed by atoms with van der Waals surface area (Å²) in [6.45, 7) is 2.24. The summed E-state index contributed by atoms with van der Waals surface area (Å²) in [6, 6.07) is 28.6. The second kappa shape index (κ2) is 11.8. The minimum Gasteiger partial charge on any atom is -0.372 e. The van der Waals surface area contributed by atoms with Crippen molar-refractivity contribution in [2.75, 3.05) is 28.6 Å². The maximum Gasteiger partial charge on any atom is 0.228 e. The molecule has 1 amide bonds. The first-order valence-corrected chi connectivity index (χ1v) is 16.4. The minimum absolute atomic E-state index is 0.00234. The lowest BCUT2D eigenvalue weighted by atomic mass is 10.1. The molecule has 45 heavy (non-hydrogen) atoms. The largest absolute Gasteiger partial charge is 0.372 e. The zero-order valence-electron chi connectivity index (χ0n) is 24.8. The van der Waals surface area contributed by atoms with Crippen LogP contribution in [0, 0.1) is 5.92 Å². The van der Waals surface area contributed by atoms with E-state index in [1.807, 2.05) is 60.1 Å². The topological polar surface area (TPSA) is 87.5 Å². The van der Waals surface area contributed by atoms with E-state index in [2.05, 4.69) is 61.3 Å². The average Bonchev–Trinajstić information content (AvgIpc) is 3.63. The van der Waals surface area contributed by atoms with Crippen molar-refractivity contribution in [3.05, 3.63) is 108 Å². The second-order valence-corrected chi connectivity index (χ2v) is 12.7. The number of imidazole rings is 1. The minimum atomic E-state index is -0.00234. The van der Waals surface area contributed by atoms with Crippen LogP contribution >= 0.6 is 11.3 Å². The number of piperidine rings is 1. The van der Waals surface area contributed by atoms with Gasteiger partial charge in [-0.15, -0.1) is 11.3 Å². The lowest BCUT2D eigenvalue weighted by molar-refractivity contribution is -0.117. The molecular formula is C36H33N7OS. The Morgan fingerprint density at radius 3 is 2.56 bits per heavy atom. The molecular weight excluding hydrogens is 579 g/mol. The van der Waals surface area contributed by atoms with Gasteiger partial charge < -0.3 is 15.5 Å². The molecule has 2 N–H and O–H groups in total. The predicted molar refractivity (Wildman–Crippen MR) is 181 cm³/mol. The molecule has 0 bridgehead atoms. The van der Waals surface area contributed by atoms with Crippen LogP contribution in [0.5, 0.6) is 0 Å². The number of anilines is 4. The van der Waals surface area contributed by atoms with E-state index in [1.165, 1.54) is 30.5 Å². The molecule has 6 aromatic rings. The highest BCUT2D eigenvalue weighted by Crippen LogP contribution is 2.48. The van der Waals surface area contributed by atoms with Gasteiger partial charge in [0, 0.05) is 59.4 Å². The molecule has 2 atom stereocenters. The van der Waals surface area contributed by atoms with Gasteiger partial charge in [0.25, 0.3) is 0 Å². The third kappa shape index (κ3) is 5.67. The van der Waals surface area contributed by atoms with Crippen LogP contribution in [0.15, 0.2) is 103 Å². The monoisotopic (exact) mass is 611 g/mol. The first-order chi connectivity index (χ1) is 22.2. The van der Waals surface area contributed by atoms with Crippen LogP contribution in [0.2, 0.25) is 0 Å². The number of aromatic nitrogens is 4. The molecule has 2 aliphatic rings. The van der Waals surface area contributed by atoms with Crippen molar-refractivity contribution < 1.29 is 4.79 Å². The molecule has 2 fully saturated rings.